The SMILES string of the molecule is CC/C=C\C/C=C\C/C=C\C/C=C\CCCOCC(COP(=O)(O)OC1C(O)C(O)C(O)C(O)C1O)OC(=O)CCCCCCCCC/C=C\C/C=C\C/C=C\CC. The number of aliphatic hydroxyl groups is 5. The monoisotopic (exact) mass is 838 g/mol. The van der Waals surface area contributed by atoms with Gasteiger partial charge in [0.15, 0.2) is 0 Å². The van der Waals surface area contributed by atoms with Gasteiger partial charge in [-0.3, -0.25) is 13.8 Å². The summed E-state index contributed by atoms with van der Waals surface area (Å²) in [5, 5.41) is 50.1. The van der Waals surface area contributed by atoms with Crippen LogP contribution in [-0.2, 0) is 27.9 Å². The maximum Gasteiger partial charge on any atom is 0.472 e. The van der Waals surface area contributed by atoms with E-state index >= 15 is 0 Å². The molecule has 0 aromatic heterocycles. The number of allylic oxidation sites excluding steroid dienone is 14. The molecule has 0 saturated heterocycles. The highest BCUT2D eigenvalue weighted by Gasteiger charge is 2.51. The van der Waals surface area contributed by atoms with Crippen molar-refractivity contribution >= 4 is 13.8 Å². The molecule has 6 unspecified atom stereocenters. The maximum atomic E-state index is 12.8. The number of hydrogen-bond donors (Lipinski definition) is 6. The Balaban J connectivity index is 2.48. The molecule has 6 atom stereocenters. The first-order chi connectivity index (χ1) is 28.0. The van der Waals surface area contributed by atoms with Gasteiger partial charge in [-0.1, -0.05) is 131 Å². The molecule has 1 aliphatic carbocycles. The molecule has 6 N–H and O–H groups in total. The third-order valence-electron chi connectivity index (χ3n) is 9.26. The summed E-state index contributed by atoms with van der Waals surface area (Å²) in [5.41, 5.74) is 0. The molecule has 13 heteroatoms. The van der Waals surface area contributed by atoms with Crippen molar-refractivity contribution in [3.8, 4) is 0 Å². The Morgan fingerprint density at radius 3 is 1.47 bits per heavy atom. The van der Waals surface area contributed by atoms with E-state index in [2.05, 4.69) is 98.9 Å². The summed E-state index contributed by atoms with van der Waals surface area (Å²) in [6.07, 6.45) is 33.8. The number of phosphoric ester groups is 1. The molecule has 0 aromatic carbocycles. The highest BCUT2D eigenvalue weighted by Crippen LogP contribution is 2.47. The van der Waals surface area contributed by atoms with Crippen LogP contribution >= 0.6 is 7.82 Å². The fraction of sp³-hybridized carbons (Fsp3) is 0.667. The Morgan fingerprint density at radius 2 is 0.966 bits per heavy atom. The average molecular weight is 839 g/mol. The Labute approximate surface area is 348 Å². The number of unbranched alkanes of at least 4 members (excludes halogenated alkanes) is 8. The van der Waals surface area contributed by atoms with Crippen molar-refractivity contribution in [1.82, 2.24) is 0 Å². The van der Waals surface area contributed by atoms with Crippen molar-refractivity contribution < 1.29 is 58.3 Å². The predicted octanol–water partition coefficient (Wildman–Crippen LogP) is 8.19. The molecule has 0 amide bonds. The van der Waals surface area contributed by atoms with Crippen molar-refractivity contribution in [3.05, 3.63) is 85.1 Å². The van der Waals surface area contributed by atoms with Crippen LogP contribution in [0.1, 0.15) is 129 Å². The van der Waals surface area contributed by atoms with Gasteiger partial charge in [-0.05, 0) is 77.0 Å². The van der Waals surface area contributed by atoms with Gasteiger partial charge in [0.25, 0.3) is 0 Å². The van der Waals surface area contributed by atoms with Gasteiger partial charge in [0.2, 0.25) is 0 Å². The fourth-order valence-electron chi connectivity index (χ4n) is 5.90. The molecule has 0 spiro atoms. The molecule has 1 rings (SSSR count). The first-order valence-corrected chi connectivity index (χ1v) is 22.9. The van der Waals surface area contributed by atoms with E-state index < -0.39 is 63.1 Å². The van der Waals surface area contributed by atoms with E-state index in [1.807, 2.05) is 0 Å². The van der Waals surface area contributed by atoms with Gasteiger partial charge in [0.05, 0.1) is 13.2 Å². The maximum absolute atomic E-state index is 12.8. The van der Waals surface area contributed by atoms with Crippen LogP contribution in [0.15, 0.2) is 85.1 Å². The smallest absolute Gasteiger partial charge is 0.457 e. The predicted molar refractivity (Wildman–Crippen MR) is 230 cm³/mol. The Hall–Kier alpha value is -2.48. The molecule has 0 bridgehead atoms. The van der Waals surface area contributed by atoms with Gasteiger partial charge in [-0.25, -0.2) is 4.57 Å². The minimum atomic E-state index is -5.04. The van der Waals surface area contributed by atoms with Crippen LogP contribution in [0, 0.1) is 0 Å². The molecule has 0 aromatic rings. The van der Waals surface area contributed by atoms with E-state index in [1.165, 1.54) is 0 Å². The molecular weight excluding hydrogens is 763 g/mol. The number of phosphoric acid groups is 1. The number of hydrogen-bond acceptors (Lipinski definition) is 11. The third kappa shape index (κ3) is 27.3. The van der Waals surface area contributed by atoms with E-state index in [4.69, 9.17) is 18.5 Å². The summed E-state index contributed by atoms with van der Waals surface area (Å²) in [7, 11) is -5.04. The van der Waals surface area contributed by atoms with Crippen LogP contribution in [0.5, 0.6) is 0 Å². The summed E-state index contributed by atoms with van der Waals surface area (Å²) in [6, 6.07) is 0. The largest absolute Gasteiger partial charge is 0.472 e. The highest BCUT2D eigenvalue weighted by molar-refractivity contribution is 7.47. The Morgan fingerprint density at radius 1 is 0.552 bits per heavy atom. The van der Waals surface area contributed by atoms with Gasteiger partial charge in [0.1, 0.15) is 42.7 Å². The zero-order chi connectivity index (χ0) is 42.7. The van der Waals surface area contributed by atoms with Crippen molar-refractivity contribution in [2.45, 2.75) is 172 Å². The summed E-state index contributed by atoms with van der Waals surface area (Å²) in [4.78, 5) is 23.1. The van der Waals surface area contributed by atoms with E-state index in [1.54, 1.807) is 0 Å². The summed E-state index contributed by atoms with van der Waals surface area (Å²) >= 11 is 0. The van der Waals surface area contributed by atoms with Crippen molar-refractivity contribution in [3.63, 3.8) is 0 Å². The molecule has 1 fully saturated rings. The molecule has 58 heavy (non-hydrogen) atoms. The lowest BCUT2D eigenvalue weighted by molar-refractivity contribution is -0.220. The zero-order valence-electron chi connectivity index (χ0n) is 35.1. The second kappa shape index (κ2) is 35.3. The second-order valence-corrected chi connectivity index (χ2v) is 15.8. The second-order valence-electron chi connectivity index (χ2n) is 14.4. The van der Waals surface area contributed by atoms with Gasteiger partial charge in [0, 0.05) is 13.0 Å². The number of rotatable bonds is 34. The first-order valence-electron chi connectivity index (χ1n) is 21.4. The van der Waals surface area contributed by atoms with Crippen LogP contribution in [0.3, 0.4) is 0 Å². The van der Waals surface area contributed by atoms with Crippen LogP contribution in [0.4, 0.5) is 0 Å². The Kier molecular flexibility index (Phi) is 32.6. The lowest BCUT2D eigenvalue weighted by Gasteiger charge is -2.41. The van der Waals surface area contributed by atoms with E-state index in [0.29, 0.717) is 19.4 Å². The summed E-state index contributed by atoms with van der Waals surface area (Å²) in [6.45, 7) is 3.85. The average Bonchev–Trinajstić information content (AvgIpc) is 3.21. The number of carbonyl (C=O) groups is 1. The molecule has 1 aliphatic rings. The normalized spacial score (nSPS) is 23.5. The molecular formula is C45H75O12P. The summed E-state index contributed by atoms with van der Waals surface area (Å²) in [5.74, 6) is -0.511. The van der Waals surface area contributed by atoms with Gasteiger partial charge in [-0.15, -0.1) is 0 Å². The first kappa shape index (κ1) is 53.5. The number of esters is 1. The number of aliphatic hydroxyl groups excluding tert-OH is 5. The highest BCUT2D eigenvalue weighted by atomic mass is 31.2. The standard InChI is InChI=1S/C45H75O12P/c1-3-5-7-9-11-13-15-17-19-20-21-22-24-26-28-30-32-34-39(46)56-38(36-54-35-33-31-29-27-25-23-18-16-14-12-10-8-6-4-2)37-55-58(52,53)57-45-43(50)41(48)40(47)42(49)44(45)51/h5-8,11-14,17-19,23,27,29,38,40-45,47-51H,3-4,9-10,15-16,20-22,24-26,28,30-37H2,1-2H3,(H,52,53)/b7-5-,8-6-,13-11-,14-12-,19-17-,23-18-,29-27-. The van der Waals surface area contributed by atoms with E-state index in [0.717, 1.165) is 96.3 Å². The van der Waals surface area contributed by atoms with Crippen LogP contribution < -0.4 is 0 Å². The molecule has 0 aliphatic heterocycles. The van der Waals surface area contributed by atoms with Gasteiger partial charge in [-0.2, -0.15) is 0 Å². The minimum absolute atomic E-state index is 0.124. The van der Waals surface area contributed by atoms with Crippen LogP contribution in [-0.4, -0.2) is 98.9 Å². The molecule has 0 heterocycles. The Bertz CT molecular complexity index is 1280. The lowest BCUT2D eigenvalue weighted by Crippen LogP contribution is -2.64. The topological polar surface area (TPSA) is 192 Å². The van der Waals surface area contributed by atoms with Crippen molar-refractivity contribution in [1.29, 1.82) is 0 Å². The number of ether oxygens (including phenoxy) is 2. The van der Waals surface area contributed by atoms with Gasteiger partial charge < -0.3 is 39.9 Å². The minimum Gasteiger partial charge on any atom is -0.457 e. The van der Waals surface area contributed by atoms with Crippen molar-refractivity contribution in [2.75, 3.05) is 19.8 Å². The molecule has 12 nitrogen and oxygen atoms in total. The van der Waals surface area contributed by atoms with E-state index in [9.17, 15) is 39.8 Å². The zero-order valence-corrected chi connectivity index (χ0v) is 35.9. The fourth-order valence-corrected chi connectivity index (χ4v) is 6.87. The number of carbonyl (C=O) groups excluding carboxylic acids is 1. The quantitative estimate of drug-likeness (QED) is 0.0158. The summed E-state index contributed by atoms with van der Waals surface area (Å²) < 4.78 is 34.0. The van der Waals surface area contributed by atoms with Crippen LogP contribution in [0.2, 0.25) is 0 Å². The van der Waals surface area contributed by atoms with Gasteiger partial charge >= 0.3 is 13.8 Å². The molecule has 332 valence electrons. The van der Waals surface area contributed by atoms with E-state index in [-0.39, 0.29) is 13.0 Å². The lowest BCUT2D eigenvalue weighted by atomic mass is 9.85. The molecule has 0 radical (unpaired) electrons. The third-order valence-corrected chi connectivity index (χ3v) is 10.2. The van der Waals surface area contributed by atoms with Crippen LogP contribution in [0.25, 0.3) is 0 Å². The van der Waals surface area contributed by atoms with Crippen molar-refractivity contribution in [2.24, 2.45) is 0 Å². The molecule has 1 saturated carbocycles.